The van der Waals surface area contributed by atoms with E-state index in [9.17, 15) is 0 Å². The van der Waals surface area contributed by atoms with Gasteiger partial charge in [-0.1, -0.05) is 42.8 Å². The molecule has 0 amide bonds. The molecule has 0 atom stereocenters. The number of benzene rings is 1. The second-order valence-corrected chi connectivity index (χ2v) is 6.37. The van der Waals surface area contributed by atoms with E-state index in [0.29, 0.717) is 0 Å². The maximum atomic E-state index is 2.57. The van der Waals surface area contributed by atoms with Crippen LogP contribution in [0.4, 0.5) is 0 Å². The van der Waals surface area contributed by atoms with Crippen molar-refractivity contribution in [2.45, 2.75) is 19.3 Å². The quantitative estimate of drug-likeness (QED) is 0.681. The van der Waals surface area contributed by atoms with E-state index in [0.717, 1.165) is 6.54 Å². The van der Waals surface area contributed by atoms with Gasteiger partial charge in [-0.05, 0) is 49.7 Å². The molecular weight excluding hydrogens is 280 g/mol. The first-order chi connectivity index (χ1) is 11.4. The number of hydrogen-bond acceptors (Lipinski definition) is 1. The number of piperidine rings is 1. The average Bonchev–Trinajstić information content (AvgIpc) is 3.00. The first-order valence-electron chi connectivity index (χ1n) is 8.63. The second-order valence-electron chi connectivity index (χ2n) is 6.37. The summed E-state index contributed by atoms with van der Waals surface area (Å²) < 4.78 is 2.31. The molecular formula is C21H23N2. The minimum atomic E-state index is 1.04. The summed E-state index contributed by atoms with van der Waals surface area (Å²) in [5, 5.41) is 0. The summed E-state index contributed by atoms with van der Waals surface area (Å²) in [5.41, 5.74) is 5.20. The zero-order valence-corrected chi connectivity index (χ0v) is 13.5. The molecule has 1 aliphatic rings. The number of likely N-dealkylation sites (tertiary alicyclic amines) is 1. The van der Waals surface area contributed by atoms with Gasteiger partial charge in [0.25, 0.3) is 0 Å². The highest BCUT2D eigenvalue weighted by Crippen LogP contribution is 2.29. The lowest BCUT2D eigenvalue weighted by Gasteiger charge is -2.26. The van der Waals surface area contributed by atoms with Gasteiger partial charge in [0.1, 0.15) is 0 Å². The van der Waals surface area contributed by atoms with Crippen molar-refractivity contribution in [2.75, 3.05) is 19.6 Å². The zero-order chi connectivity index (χ0) is 15.5. The maximum Gasteiger partial charge on any atom is 0.0459 e. The van der Waals surface area contributed by atoms with Crippen molar-refractivity contribution in [3.05, 3.63) is 72.9 Å². The highest BCUT2D eigenvalue weighted by atomic mass is 15.1. The van der Waals surface area contributed by atoms with Crippen molar-refractivity contribution in [3.63, 3.8) is 0 Å². The zero-order valence-electron chi connectivity index (χ0n) is 13.5. The molecule has 2 aromatic heterocycles. The van der Waals surface area contributed by atoms with Gasteiger partial charge >= 0.3 is 0 Å². The molecule has 117 valence electrons. The van der Waals surface area contributed by atoms with E-state index >= 15 is 0 Å². The molecule has 1 radical (unpaired) electrons. The van der Waals surface area contributed by atoms with Crippen LogP contribution >= 0.6 is 0 Å². The second kappa shape index (κ2) is 6.59. The Labute approximate surface area is 138 Å². The Morgan fingerprint density at radius 1 is 0.870 bits per heavy atom. The fraction of sp³-hybridized carbons (Fsp3) is 0.286. The van der Waals surface area contributed by atoms with E-state index in [1.54, 1.807) is 0 Å². The van der Waals surface area contributed by atoms with Crippen LogP contribution in [0.25, 0.3) is 16.6 Å². The molecule has 1 aliphatic heterocycles. The highest BCUT2D eigenvalue weighted by Gasteiger charge is 2.15. The molecule has 0 saturated carbocycles. The summed E-state index contributed by atoms with van der Waals surface area (Å²) in [5.74, 6) is 0. The molecule has 0 N–H and O–H groups in total. The molecule has 23 heavy (non-hydrogen) atoms. The monoisotopic (exact) mass is 303 g/mol. The summed E-state index contributed by atoms with van der Waals surface area (Å²) in [7, 11) is 0. The summed E-state index contributed by atoms with van der Waals surface area (Å²) >= 11 is 0. The number of fused-ring (bicyclic) bond motifs is 1. The van der Waals surface area contributed by atoms with Crippen LogP contribution in [-0.2, 0) is 0 Å². The van der Waals surface area contributed by atoms with Gasteiger partial charge in [0, 0.05) is 35.9 Å². The predicted molar refractivity (Wildman–Crippen MR) is 96.5 cm³/mol. The average molecular weight is 303 g/mol. The maximum absolute atomic E-state index is 2.57. The van der Waals surface area contributed by atoms with E-state index in [2.05, 4.69) is 76.5 Å². The molecule has 1 fully saturated rings. The van der Waals surface area contributed by atoms with E-state index in [1.807, 2.05) is 0 Å². The molecule has 0 spiro atoms. The van der Waals surface area contributed by atoms with Crippen molar-refractivity contribution in [2.24, 2.45) is 0 Å². The molecule has 0 unspecified atom stereocenters. The smallest absolute Gasteiger partial charge is 0.0459 e. The van der Waals surface area contributed by atoms with E-state index in [4.69, 9.17) is 0 Å². The third kappa shape index (κ3) is 3.04. The van der Waals surface area contributed by atoms with Gasteiger partial charge in [0.15, 0.2) is 0 Å². The predicted octanol–water partition coefficient (Wildman–Crippen LogP) is 4.64. The van der Waals surface area contributed by atoms with Gasteiger partial charge in [0.2, 0.25) is 0 Å². The highest BCUT2D eigenvalue weighted by molar-refractivity contribution is 5.75. The van der Waals surface area contributed by atoms with Gasteiger partial charge in [-0.15, -0.1) is 0 Å². The number of rotatable bonds is 4. The molecule has 3 aromatic rings. The van der Waals surface area contributed by atoms with Crippen LogP contribution in [0.15, 0.2) is 60.8 Å². The SMILES string of the molecule is [CH](CN1CCCCC1)c1c(-c2ccccc2)cc2ccccn12. The lowest BCUT2D eigenvalue weighted by molar-refractivity contribution is 0.246. The molecule has 1 saturated heterocycles. The van der Waals surface area contributed by atoms with Crippen LogP contribution in [0.2, 0.25) is 0 Å². The minimum Gasteiger partial charge on any atom is -0.320 e. The Balaban J connectivity index is 1.68. The first-order valence-corrected chi connectivity index (χ1v) is 8.63. The van der Waals surface area contributed by atoms with Gasteiger partial charge in [0.05, 0.1) is 0 Å². The molecule has 1 aromatic carbocycles. The van der Waals surface area contributed by atoms with Crippen LogP contribution in [0.1, 0.15) is 25.0 Å². The summed E-state index contributed by atoms with van der Waals surface area (Å²) in [6.07, 6.45) is 8.65. The topological polar surface area (TPSA) is 7.65 Å². The van der Waals surface area contributed by atoms with Crippen LogP contribution in [0, 0.1) is 6.42 Å². The normalized spacial score (nSPS) is 16.0. The standard InChI is InChI=1S/C21H23N2/c1-3-9-18(10-4-1)20-17-19-11-5-8-15-23(19)21(20)12-16-22-13-6-2-7-14-22/h1,3-5,8-12,15,17H,2,6-7,13-14,16H2. The van der Waals surface area contributed by atoms with Gasteiger partial charge in [-0.2, -0.15) is 0 Å². The fourth-order valence-electron chi connectivity index (χ4n) is 3.56. The molecule has 2 heteroatoms. The Morgan fingerprint density at radius 2 is 1.65 bits per heavy atom. The minimum absolute atomic E-state index is 1.04. The Kier molecular flexibility index (Phi) is 4.16. The summed E-state index contributed by atoms with van der Waals surface area (Å²) in [4.78, 5) is 2.57. The van der Waals surface area contributed by atoms with Crippen molar-refractivity contribution >= 4 is 5.52 Å². The van der Waals surface area contributed by atoms with Crippen LogP contribution in [-0.4, -0.2) is 28.9 Å². The largest absolute Gasteiger partial charge is 0.320 e. The Morgan fingerprint density at radius 3 is 2.48 bits per heavy atom. The number of hydrogen-bond donors (Lipinski definition) is 0. The van der Waals surface area contributed by atoms with Crippen molar-refractivity contribution in [1.29, 1.82) is 0 Å². The molecule has 0 aliphatic carbocycles. The number of aromatic nitrogens is 1. The lowest BCUT2D eigenvalue weighted by Crippen LogP contribution is -2.31. The van der Waals surface area contributed by atoms with Gasteiger partial charge < -0.3 is 9.30 Å². The van der Waals surface area contributed by atoms with Crippen LogP contribution in [0.5, 0.6) is 0 Å². The van der Waals surface area contributed by atoms with Crippen LogP contribution < -0.4 is 0 Å². The lowest BCUT2D eigenvalue weighted by atomic mass is 10.0. The Hall–Kier alpha value is -2.06. The van der Waals surface area contributed by atoms with E-state index in [1.165, 1.54) is 54.7 Å². The molecule has 4 rings (SSSR count). The van der Waals surface area contributed by atoms with E-state index < -0.39 is 0 Å². The number of nitrogens with zero attached hydrogens (tertiary/aromatic N) is 2. The van der Waals surface area contributed by atoms with E-state index in [-0.39, 0.29) is 0 Å². The Bertz CT molecular complexity index is 767. The summed E-state index contributed by atoms with van der Waals surface area (Å²) in [6, 6.07) is 19.4. The fourth-order valence-corrected chi connectivity index (χ4v) is 3.56. The van der Waals surface area contributed by atoms with Gasteiger partial charge in [-0.3, -0.25) is 0 Å². The van der Waals surface area contributed by atoms with Crippen molar-refractivity contribution in [1.82, 2.24) is 9.30 Å². The molecule has 2 nitrogen and oxygen atoms in total. The van der Waals surface area contributed by atoms with Crippen LogP contribution in [0.3, 0.4) is 0 Å². The molecule has 0 bridgehead atoms. The summed E-state index contributed by atoms with van der Waals surface area (Å²) in [6.45, 7) is 3.52. The molecule has 3 heterocycles. The van der Waals surface area contributed by atoms with Gasteiger partial charge in [-0.25, -0.2) is 0 Å². The third-order valence-electron chi connectivity index (χ3n) is 4.80. The first kappa shape index (κ1) is 14.5. The van der Waals surface area contributed by atoms with Crippen molar-refractivity contribution < 1.29 is 0 Å². The van der Waals surface area contributed by atoms with Crippen molar-refractivity contribution in [3.8, 4) is 11.1 Å². The number of pyridine rings is 1. The third-order valence-corrected chi connectivity index (χ3v) is 4.80.